The third-order valence-electron chi connectivity index (χ3n) is 3.47. The van der Waals surface area contributed by atoms with Crippen molar-refractivity contribution in [1.82, 2.24) is 0 Å². The van der Waals surface area contributed by atoms with Crippen LogP contribution in [-0.2, 0) is 19.4 Å². The molecule has 0 saturated carbocycles. The lowest BCUT2D eigenvalue weighted by atomic mass is 10.1. The molecular formula is C18H22O2. The molecule has 0 fully saturated rings. The molecule has 2 aromatic carbocycles. The van der Waals surface area contributed by atoms with Gasteiger partial charge in [-0.1, -0.05) is 38.1 Å². The first kappa shape index (κ1) is 14.4. The molecule has 2 nitrogen and oxygen atoms in total. The Balaban J connectivity index is 2.08. The van der Waals surface area contributed by atoms with E-state index in [1.165, 1.54) is 11.1 Å². The van der Waals surface area contributed by atoms with E-state index in [-0.39, 0.29) is 0 Å². The highest BCUT2D eigenvalue weighted by Crippen LogP contribution is 2.23. The summed E-state index contributed by atoms with van der Waals surface area (Å²) in [5.74, 6) is 1.87. The zero-order valence-electron chi connectivity index (χ0n) is 12.5. The van der Waals surface area contributed by atoms with E-state index in [9.17, 15) is 0 Å². The number of benzene rings is 2. The lowest BCUT2D eigenvalue weighted by Gasteiger charge is -2.12. The molecular weight excluding hydrogens is 248 g/mol. The van der Waals surface area contributed by atoms with Gasteiger partial charge in [0, 0.05) is 0 Å². The molecule has 2 rings (SSSR count). The third kappa shape index (κ3) is 3.53. The standard InChI is InChI=1S/C18H22O2/c1-4-14-6-9-16(5-2)18(12-14)20-13-15-7-10-17(19-3)11-8-15/h6-12H,4-5,13H2,1-3H3. The highest BCUT2D eigenvalue weighted by Gasteiger charge is 2.04. The fourth-order valence-electron chi connectivity index (χ4n) is 2.13. The molecule has 106 valence electrons. The second-order valence-corrected chi connectivity index (χ2v) is 4.79. The lowest BCUT2D eigenvalue weighted by molar-refractivity contribution is 0.302. The summed E-state index contributed by atoms with van der Waals surface area (Å²) in [6.07, 6.45) is 2.02. The normalized spacial score (nSPS) is 10.3. The Morgan fingerprint density at radius 2 is 1.55 bits per heavy atom. The maximum absolute atomic E-state index is 5.99. The topological polar surface area (TPSA) is 18.5 Å². The fraction of sp³-hybridized carbons (Fsp3) is 0.333. The zero-order valence-corrected chi connectivity index (χ0v) is 12.5. The Morgan fingerprint density at radius 3 is 2.15 bits per heavy atom. The van der Waals surface area contributed by atoms with Crippen molar-refractivity contribution in [3.05, 3.63) is 59.2 Å². The van der Waals surface area contributed by atoms with Crippen molar-refractivity contribution in [1.29, 1.82) is 0 Å². The predicted molar refractivity (Wildman–Crippen MR) is 82.5 cm³/mol. The maximum atomic E-state index is 5.99. The van der Waals surface area contributed by atoms with Crippen molar-refractivity contribution in [2.24, 2.45) is 0 Å². The molecule has 0 heterocycles. The number of methoxy groups -OCH3 is 1. The van der Waals surface area contributed by atoms with Crippen LogP contribution in [-0.4, -0.2) is 7.11 Å². The number of hydrogen-bond acceptors (Lipinski definition) is 2. The molecule has 0 unspecified atom stereocenters. The molecule has 0 aliphatic carbocycles. The van der Waals surface area contributed by atoms with Crippen molar-refractivity contribution < 1.29 is 9.47 Å². The Morgan fingerprint density at radius 1 is 0.850 bits per heavy atom. The van der Waals surface area contributed by atoms with Gasteiger partial charge in [0.15, 0.2) is 0 Å². The number of aryl methyl sites for hydroxylation is 2. The van der Waals surface area contributed by atoms with Crippen molar-refractivity contribution in [2.75, 3.05) is 7.11 Å². The van der Waals surface area contributed by atoms with E-state index in [2.05, 4.69) is 32.0 Å². The van der Waals surface area contributed by atoms with Crippen molar-refractivity contribution in [2.45, 2.75) is 33.3 Å². The van der Waals surface area contributed by atoms with Crippen LogP contribution in [0.25, 0.3) is 0 Å². The van der Waals surface area contributed by atoms with Gasteiger partial charge in [-0.2, -0.15) is 0 Å². The van der Waals surface area contributed by atoms with Crippen LogP contribution in [0, 0.1) is 0 Å². The van der Waals surface area contributed by atoms with Crippen LogP contribution in [0.3, 0.4) is 0 Å². The van der Waals surface area contributed by atoms with E-state index in [0.29, 0.717) is 6.61 Å². The van der Waals surface area contributed by atoms with Gasteiger partial charge >= 0.3 is 0 Å². The largest absolute Gasteiger partial charge is 0.497 e. The van der Waals surface area contributed by atoms with Crippen molar-refractivity contribution in [3.8, 4) is 11.5 Å². The summed E-state index contributed by atoms with van der Waals surface area (Å²) in [5.41, 5.74) is 3.72. The quantitative estimate of drug-likeness (QED) is 0.774. The van der Waals surface area contributed by atoms with Crippen LogP contribution >= 0.6 is 0 Å². The average Bonchev–Trinajstić information content (AvgIpc) is 2.53. The first-order chi connectivity index (χ1) is 9.76. The lowest BCUT2D eigenvalue weighted by Crippen LogP contribution is -1.99. The van der Waals surface area contributed by atoms with Gasteiger partial charge in [-0.3, -0.25) is 0 Å². The summed E-state index contributed by atoms with van der Waals surface area (Å²) in [5, 5.41) is 0. The van der Waals surface area contributed by atoms with E-state index in [1.807, 2.05) is 24.3 Å². The molecule has 0 radical (unpaired) electrons. The Bertz CT molecular complexity index is 544. The molecule has 2 aromatic rings. The van der Waals surface area contributed by atoms with E-state index < -0.39 is 0 Å². The van der Waals surface area contributed by atoms with Gasteiger partial charge in [0.05, 0.1) is 7.11 Å². The second-order valence-electron chi connectivity index (χ2n) is 4.79. The van der Waals surface area contributed by atoms with Gasteiger partial charge in [-0.05, 0) is 47.7 Å². The van der Waals surface area contributed by atoms with Gasteiger partial charge < -0.3 is 9.47 Å². The molecule has 0 N–H and O–H groups in total. The van der Waals surface area contributed by atoms with Crippen LogP contribution < -0.4 is 9.47 Å². The monoisotopic (exact) mass is 270 g/mol. The van der Waals surface area contributed by atoms with Crippen molar-refractivity contribution >= 4 is 0 Å². The van der Waals surface area contributed by atoms with Crippen LogP contribution in [0.5, 0.6) is 11.5 Å². The van der Waals surface area contributed by atoms with E-state index in [1.54, 1.807) is 7.11 Å². The fourth-order valence-corrected chi connectivity index (χ4v) is 2.13. The van der Waals surface area contributed by atoms with Gasteiger partial charge in [0.1, 0.15) is 18.1 Å². The number of ether oxygens (including phenoxy) is 2. The van der Waals surface area contributed by atoms with Gasteiger partial charge in [0.2, 0.25) is 0 Å². The van der Waals surface area contributed by atoms with Crippen LogP contribution in [0.15, 0.2) is 42.5 Å². The molecule has 0 amide bonds. The first-order valence-electron chi connectivity index (χ1n) is 7.14. The Labute approximate surface area is 121 Å². The minimum atomic E-state index is 0.587. The molecule has 0 aliphatic heterocycles. The summed E-state index contributed by atoms with van der Waals surface area (Å²) in [7, 11) is 1.68. The predicted octanol–water partition coefficient (Wildman–Crippen LogP) is 4.40. The second kappa shape index (κ2) is 6.99. The summed E-state index contributed by atoms with van der Waals surface area (Å²) in [6.45, 7) is 4.90. The Hall–Kier alpha value is -1.96. The van der Waals surface area contributed by atoms with E-state index in [0.717, 1.165) is 29.9 Å². The van der Waals surface area contributed by atoms with E-state index in [4.69, 9.17) is 9.47 Å². The highest BCUT2D eigenvalue weighted by atomic mass is 16.5. The third-order valence-corrected chi connectivity index (χ3v) is 3.47. The van der Waals surface area contributed by atoms with E-state index >= 15 is 0 Å². The molecule has 0 spiro atoms. The first-order valence-corrected chi connectivity index (χ1v) is 7.14. The summed E-state index contributed by atoms with van der Waals surface area (Å²) in [6, 6.07) is 14.5. The van der Waals surface area contributed by atoms with Gasteiger partial charge in [0.25, 0.3) is 0 Å². The molecule has 0 aliphatic rings. The summed E-state index contributed by atoms with van der Waals surface area (Å²) >= 11 is 0. The molecule has 20 heavy (non-hydrogen) atoms. The average molecular weight is 270 g/mol. The molecule has 2 heteroatoms. The molecule has 0 saturated heterocycles. The van der Waals surface area contributed by atoms with Crippen LogP contribution in [0.4, 0.5) is 0 Å². The van der Waals surface area contributed by atoms with Gasteiger partial charge in [-0.25, -0.2) is 0 Å². The number of rotatable bonds is 6. The molecule has 0 atom stereocenters. The number of hydrogen-bond donors (Lipinski definition) is 0. The Kier molecular flexibility index (Phi) is 5.05. The SMILES string of the molecule is CCc1ccc(CC)c(OCc2ccc(OC)cc2)c1. The highest BCUT2D eigenvalue weighted by molar-refractivity contribution is 5.38. The minimum absolute atomic E-state index is 0.587. The zero-order chi connectivity index (χ0) is 14.4. The maximum Gasteiger partial charge on any atom is 0.123 e. The van der Waals surface area contributed by atoms with Crippen molar-refractivity contribution in [3.63, 3.8) is 0 Å². The molecule has 0 bridgehead atoms. The van der Waals surface area contributed by atoms with Crippen LogP contribution in [0.1, 0.15) is 30.5 Å². The summed E-state index contributed by atoms with van der Waals surface area (Å²) in [4.78, 5) is 0. The van der Waals surface area contributed by atoms with Crippen LogP contribution in [0.2, 0.25) is 0 Å². The summed E-state index contributed by atoms with van der Waals surface area (Å²) < 4.78 is 11.1. The van der Waals surface area contributed by atoms with Gasteiger partial charge in [-0.15, -0.1) is 0 Å². The smallest absolute Gasteiger partial charge is 0.123 e. The molecule has 0 aromatic heterocycles. The minimum Gasteiger partial charge on any atom is -0.497 e.